The van der Waals surface area contributed by atoms with Crippen LogP contribution in [0.3, 0.4) is 0 Å². The van der Waals surface area contributed by atoms with E-state index in [4.69, 9.17) is 38.1 Å². The lowest BCUT2D eigenvalue weighted by Crippen LogP contribution is -2.38. The van der Waals surface area contributed by atoms with Crippen molar-refractivity contribution in [2.75, 3.05) is 33.5 Å². The van der Waals surface area contributed by atoms with Gasteiger partial charge in [-0.1, -0.05) is 29.3 Å². The van der Waals surface area contributed by atoms with Crippen LogP contribution < -0.4 is 16.0 Å². The lowest BCUT2D eigenvalue weighted by atomic mass is 10.2. The van der Waals surface area contributed by atoms with Crippen LogP contribution in [0.5, 0.6) is 0 Å². The van der Waals surface area contributed by atoms with Gasteiger partial charge in [0.05, 0.1) is 29.9 Å². The van der Waals surface area contributed by atoms with Gasteiger partial charge in [0.1, 0.15) is 11.5 Å². The van der Waals surface area contributed by atoms with Gasteiger partial charge in [-0.2, -0.15) is 0 Å². The molecule has 0 saturated heterocycles. The van der Waals surface area contributed by atoms with Crippen LogP contribution in [0.2, 0.25) is 10.0 Å². The highest BCUT2D eigenvalue weighted by Crippen LogP contribution is 2.22. The monoisotopic (exact) mass is 456 g/mol. The van der Waals surface area contributed by atoms with Gasteiger partial charge in [-0.25, -0.2) is 0 Å². The van der Waals surface area contributed by atoms with Gasteiger partial charge >= 0.3 is 0 Å². The van der Waals surface area contributed by atoms with Crippen molar-refractivity contribution in [3.8, 4) is 0 Å². The molecule has 0 aliphatic heterocycles. The summed E-state index contributed by atoms with van der Waals surface area (Å²) in [7, 11) is 1.61. The van der Waals surface area contributed by atoms with Crippen molar-refractivity contribution < 1.29 is 14.3 Å². The van der Waals surface area contributed by atoms with E-state index in [2.05, 4.69) is 16.0 Å². The molecule has 0 aliphatic rings. The highest BCUT2D eigenvalue weighted by atomic mass is 35.5. The first-order valence-electron chi connectivity index (χ1n) is 9.48. The minimum absolute atomic E-state index is 0.315. The highest BCUT2D eigenvalue weighted by Gasteiger charge is 2.14. The molecule has 0 aromatic heterocycles. The molecule has 0 fully saturated rings. The molecule has 0 saturated carbocycles. The largest absolute Gasteiger partial charge is 0.382 e. The molecule has 1 rings (SSSR count). The molecule has 4 N–H and O–H groups in total. The zero-order valence-corrected chi connectivity index (χ0v) is 19.3. The Labute approximate surface area is 188 Å². The fraction of sp³-hybridized carbons (Fsp3) is 0.429. The van der Waals surface area contributed by atoms with Gasteiger partial charge in [0.2, 0.25) is 0 Å². The van der Waals surface area contributed by atoms with Crippen molar-refractivity contribution in [3.05, 3.63) is 56.5 Å². The molecule has 0 unspecified atom stereocenters. The van der Waals surface area contributed by atoms with E-state index in [9.17, 15) is 4.79 Å². The minimum Gasteiger partial charge on any atom is -0.382 e. The average Bonchev–Trinajstić information content (AvgIpc) is 2.72. The number of hydrogen-bond acceptors (Lipinski definition) is 6. The third kappa shape index (κ3) is 9.17. The number of amides is 1. The third-order valence-corrected chi connectivity index (χ3v) is 4.75. The van der Waals surface area contributed by atoms with E-state index in [1.165, 1.54) is 0 Å². The topological polar surface area (TPSA) is 95.5 Å². The number of halogens is 2. The molecule has 1 amide bonds. The normalized spacial score (nSPS) is 11.4. The van der Waals surface area contributed by atoms with Gasteiger partial charge < -0.3 is 30.8 Å². The number of methoxy groups -OCH3 is 1. The number of carbonyl (C=O) groups excluding carboxylic acids is 1. The molecule has 0 bridgehead atoms. The molecule has 0 heterocycles. The predicted octanol–water partition coefficient (Wildman–Crippen LogP) is 3.63. The van der Waals surface area contributed by atoms with Crippen molar-refractivity contribution in [1.29, 1.82) is 5.41 Å². The van der Waals surface area contributed by atoms with E-state index in [1.807, 2.05) is 19.9 Å². The number of allylic oxidation sites excluding steroid dienone is 2. The van der Waals surface area contributed by atoms with E-state index < -0.39 is 0 Å². The Kier molecular flexibility index (Phi) is 12.2. The predicted molar refractivity (Wildman–Crippen MR) is 122 cm³/mol. The first-order valence-corrected chi connectivity index (χ1v) is 10.2. The molecular formula is C21H30Cl2N4O3. The van der Waals surface area contributed by atoms with Crippen LogP contribution in [0, 0.1) is 5.41 Å². The number of carbonyl (C=O) groups is 1. The van der Waals surface area contributed by atoms with E-state index in [1.54, 1.807) is 26.2 Å². The Morgan fingerprint density at radius 1 is 1.10 bits per heavy atom. The molecule has 1 aromatic carbocycles. The summed E-state index contributed by atoms with van der Waals surface area (Å²) in [5.74, 6) is 0.241. The fourth-order valence-corrected chi connectivity index (χ4v) is 2.65. The lowest BCUT2D eigenvalue weighted by molar-refractivity contribution is -0.117. The number of rotatable bonds is 13. The maximum atomic E-state index is 12.8. The third-order valence-electron chi connectivity index (χ3n) is 4.01. The van der Waals surface area contributed by atoms with Crippen LogP contribution in [0.1, 0.15) is 26.3 Å². The molecule has 0 atom stereocenters. The molecule has 0 aliphatic carbocycles. The Bertz CT molecular complexity index is 790. The van der Waals surface area contributed by atoms with Gasteiger partial charge in [0, 0.05) is 26.4 Å². The van der Waals surface area contributed by atoms with E-state index in [0.717, 1.165) is 17.4 Å². The van der Waals surface area contributed by atoms with Gasteiger partial charge in [0.25, 0.3) is 5.91 Å². The molecule has 0 spiro atoms. The average molecular weight is 457 g/mol. The second kappa shape index (κ2) is 14.0. The van der Waals surface area contributed by atoms with Gasteiger partial charge in [-0.3, -0.25) is 4.79 Å². The van der Waals surface area contributed by atoms with Gasteiger partial charge in [0.15, 0.2) is 0 Å². The Hall–Kier alpha value is -2.06. The Morgan fingerprint density at radius 2 is 1.83 bits per heavy atom. The summed E-state index contributed by atoms with van der Waals surface area (Å²) in [4.78, 5) is 12.8. The Balaban J connectivity index is 2.74. The van der Waals surface area contributed by atoms with Crippen molar-refractivity contribution in [1.82, 2.24) is 16.0 Å². The van der Waals surface area contributed by atoms with Crippen molar-refractivity contribution in [3.63, 3.8) is 0 Å². The van der Waals surface area contributed by atoms with Crippen LogP contribution in [-0.2, 0) is 20.8 Å². The second-order valence-corrected chi connectivity index (χ2v) is 7.48. The van der Waals surface area contributed by atoms with Crippen LogP contribution in [-0.4, -0.2) is 45.6 Å². The fourth-order valence-electron chi connectivity index (χ4n) is 2.33. The highest BCUT2D eigenvalue weighted by molar-refractivity contribution is 6.42. The molecule has 30 heavy (non-hydrogen) atoms. The zero-order valence-electron chi connectivity index (χ0n) is 17.8. The van der Waals surface area contributed by atoms with E-state index >= 15 is 0 Å². The molecule has 166 valence electrons. The van der Waals surface area contributed by atoms with Crippen molar-refractivity contribution in [2.24, 2.45) is 0 Å². The van der Waals surface area contributed by atoms with Gasteiger partial charge in [-0.15, -0.1) is 0 Å². The lowest BCUT2D eigenvalue weighted by Gasteiger charge is -2.18. The van der Waals surface area contributed by atoms with Crippen molar-refractivity contribution >= 4 is 35.3 Å². The van der Waals surface area contributed by atoms with Crippen LogP contribution in [0.4, 0.5) is 0 Å². The quantitative estimate of drug-likeness (QED) is 0.206. The maximum absolute atomic E-state index is 12.8. The SMILES string of the molecule is COCCOCCN/C(C(=O)NC(NCc1ccc(Cl)c(Cl)c1)=C(C)C)=C(/C)C=N. The summed E-state index contributed by atoms with van der Waals surface area (Å²) in [6.07, 6.45) is 1.14. The summed E-state index contributed by atoms with van der Waals surface area (Å²) < 4.78 is 10.3. The molecule has 1 aromatic rings. The number of nitrogens with one attached hydrogen (secondary N) is 4. The van der Waals surface area contributed by atoms with Gasteiger partial charge in [-0.05, 0) is 49.6 Å². The zero-order chi connectivity index (χ0) is 22.5. The first kappa shape index (κ1) is 26.0. The summed E-state index contributed by atoms with van der Waals surface area (Å²) in [6.45, 7) is 7.77. The van der Waals surface area contributed by atoms with E-state index in [-0.39, 0.29) is 5.91 Å². The van der Waals surface area contributed by atoms with E-state index in [0.29, 0.717) is 60.0 Å². The number of ether oxygens (including phenoxy) is 2. The molecule has 7 nitrogen and oxygen atoms in total. The molecular weight excluding hydrogens is 427 g/mol. The summed E-state index contributed by atoms with van der Waals surface area (Å²) in [6, 6.07) is 5.37. The van der Waals surface area contributed by atoms with Crippen molar-refractivity contribution in [2.45, 2.75) is 27.3 Å². The first-order chi connectivity index (χ1) is 14.3. The number of benzene rings is 1. The van der Waals surface area contributed by atoms with Crippen LogP contribution >= 0.6 is 23.2 Å². The summed E-state index contributed by atoms with van der Waals surface area (Å²) >= 11 is 12.0. The standard InChI is InChI=1S/C21H30Cl2N4O3/c1-14(2)20(26-13-16-5-6-17(22)18(23)11-16)27-21(28)19(15(3)12-24)25-7-8-30-10-9-29-4/h5-6,11-12,24-26H,7-10,13H2,1-4H3,(H,27,28)/b19-15-,24-12?. The smallest absolute Gasteiger partial charge is 0.273 e. The Morgan fingerprint density at radius 3 is 2.43 bits per heavy atom. The summed E-state index contributed by atoms with van der Waals surface area (Å²) in [5.41, 5.74) is 2.66. The summed E-state index contributed by atoms with van der Waals surface area (Å²) in [5, 5.41) is 17.6. The van der Waals surface area contributed by atoms with Crippen LogP contribution in [0.25, 0.3) is 0 Å². The maximum Gasteiger partial charge on any atom is 0.273 e. The van der Waals surface area contributed by atoms with Crippen LogP contribution in [0.15, 0.2) is 40.9 Å². The minimum atomic E-state index is -0.342. The molecule has 9 heteroatoms. The second-order valence-electron chi connectivity index (χ2n) is 6.67. The number of hydrogen-bond donors (Lipinski definition) is 4. The molecule has 0 radical (unpaired) electrons.